The van der Waals surface area contributed by atoms with Crippen LogP contribution in [-0.2, 0) is 4.74 Å². The van der Waals surface area contributed by atoms with Gasteiger partial charge in [-0.15, -0.1) is 0 Å². The van der Waals surface area contributed by atoms with Crippen LogP contribution in [0.4, 0.5) is 0 Å². The molecule has 1 aromatic carbocycles. The number of esters is 1. The first kappa shape index (κ1) is 4.85. The molecular formula is C17H20N2O2. The Kier molecular flexibility index (Phi) is 1.13. The van der Waals surface area contributed by atoms with Gasteiger partial charge in [0, 0.05) is 55.6 Å². The number of para-hydroxylation sites is 1. The summed E-state index contributed by atoms with van der Waals surface area (Å²) < 4.78 is 122. The zero-order valence-electron chi connectivity index (χ0n) is 24.9. The SMILES string of the molecule is [2H]c1cc([2H])c2c(C(=O)OC3([2H])C([2H])([2H])[C@]4([2H])N(C)[C@]([2H])(C3([2H])[2H])C([2H])([2H])C4([2H])[2H])c([2H])[nH]c2c1. The molecule has 1 unspecified atom stereocenters. The molecule has 2 saturated heterocycles. The van der Waals surface area contributed by atoms with Gasteiger partial charge in [0.05, 0.1) is 11.0 Å². The number of hydrogen-bond acceptors (Lipinski definition) is 3. The average Bonchev–Trinajstić information content (AvgIpc) is 3.08. The molecule has 2 aliphatic heterocycles. The van der Waals surface area contributed by atoms with E-state index in [1.165, 1.54) is 6.07 Å². The zero-order chi connectivity index (χ0) is 26.9. The molecule has 0 spiro atoms. The predicted molar refractivity (Wildman–Crippen MR) is 81.3 cm³/mol. The van der Waals surface area contributed by atoms with E-state index in [2.05, 4.69) is 4.98 Å². The van der Waals surface area contributed by atoms with Gasteiger partial charge < -0.3 is 14.6 Å². The summed E-state index contributed by atoms with van der Waals surface area (Å²) in [5.41, 5.74) is -0.701. The van der Waals surface area contributed by atoms with Gasteiger partial charge in [-0.25, -0.2) is 4.79 Å². The van der Waals surface area contributed by atoms with Crippen molar-refractivity contribution in [1.82, 2.24) is 9.88 Å². The Morgan fingerprint density at radius 3 is 3.05 bits per heavy atom. The highest BCUT2D eigenvalue weighted by Crippen LogP contribution is 2.35. The summed E-state index contributed by atoms with van der Waals surface area (Å²) in [7, 11) is 0.798. The van der Waals surface area contributed by atoms with Crippen LogP contribution < -0.4 is 0 Å². The predicted octanol–water partition coefficient (Wildman–Crippen LogP) is 2.95. The highest BCUT2D eigenvalue weighted by atomic mass is 16.5. The van der Waals surface area contributed by atoms with E-state index in [0.717, 1.165) is 13.1 Å². The van der Waals surface area contributed by atoms with Crippen LogP contribution in [0.3, 0.4) is 0 Å². The molecule has 3 heterocycles. The molecule has 1 aromatic heterocycles. The molecule has 0 aliphatic carbocycles. The van der Waals surface area contributed by atoms with Crippen LogP contribution in [0.1, 0.15) is 55.0 Å². The van der Waals surface area contributed by atoms with Crippen LogP contribution in [0.5, 0.6) is 0 Å². The number of nitrogens with zero attached hydrogens (tertiary/aromatic N) is 1. The van der Waals surface area contributed by atoms with Gasteiger partial charge in [-0.1, -0.05) is 18.2 Å². The minimum Gasteiger partial charge on any atom is -0.459 e. The van der Waals surface area contributed by atoms with Crippen molar-refractivity contribution in [2.24, 2.45) is 0 Å². The largest absolute Gasteiger partial charge is 0.459 e. The Hall–Kier alpha value is -1.81. The molecule has 2 aliphatic rings. The van der Waals surface area contributed by atoms with E-state index in [9.17, 15) is 4.79 Å². The number of rotatable bonds is 2. The van der Waals surface area contributed by atoms with Gasteiger partial charge in [0.25, 0.3) is 0 Å². The van der Waals surface area contributed by atoms with E-state index in [1.54, 1.807) is 0 Å². The minimum atomic E-state index is -3.85. The summed E-state index contributed by atoms with van der Waals surface area (Å²) in [6.07, 6.45) is -19.1. The first-order valence-electron chi connectivity index (χ1n) is 13.2. The van der Waals surface area contributed by atoms with E-state index < -0.39 is 67.4 Å². The Labute approximate surface area is 143 Å². The average molecular weight is 298 g/mol. The first-order chi connectivity index (χ1) is 15.6. The maximum absolute atomic E-state index is 13.2. The van der Waals surface area contributed by atoms with Gasteiger partial charge in [0.2, 0.25) is 0 Å². The highest BCUT2D eigenvalue weighted by Gasteiger charge is 2.40. The van der Waals surface area contributed by atoms with Gasteiger partial charge in [0.15, 0.2) is 0 Å². The Morgan fingerprint density at radius 1 is 1.52 bits per heavy atom. The molecule has 4 rings (SSSR count). The number of fused-ring (bicyclic) bond motifs is 3. The number of carbonyl (C=O) groups excluding carboxylic acids is 1. The van der Waals surface area contributed by atoms with Crippen molar-refractivity contribution in [3.8, 4) is 0 Å². The molecule has 2 aromatic rings. The van der Waals surface area contributed by atoms with Crippen LogP contribution >= 0.6 is 0 Å². The standard InChI is InChI=1S/C17H20N2O2/c1-19-11-6-7-12(19)9-13(8-11)21-17(20)15-10-18-16-5-3-2-4-14(15)16/h2-5,10-13,18H,6-9H2,1H3/t11-,12+,13?/i3D,4D,6D2,7D2,8D2,9D2,10D,11D,12D,13D. The van der Waals surface area contributed by atoms with E-state index >= 15 is 0 Å². The molecule has 0 saturated carbocycles. The van der Waals surface area contributed by atoms with Crippen molar-refractivity contribution in [2.75, 3.05) is 7.05 Å². The Balaban J connectivity index is 1.96. The van der Waals surface area contributed by atoms with Crippen molar-refractivity contribution in [3.05, 3.63) is 36.0 Å². The number of hydrogen-bond donors (Lipinski definition) is 1. The lowest BCUT2D eigenvalue weighted by Crippen LogP contribution is -2.43. The fraction of sp³-hybridized carbons (Fsp3) is 0.471. The number of piperidine rings is 1. The quantitative estimate of drug-likeness (QED) is 0.867. The van der Waals surface area contributed by atoms with Gasteiger partial charge in [-0.3, -0.25) is 0 Å². The summed E-state index contributed by atoms with van der Waals surface area (Å²) in [6, 6.07) is -5.10. The number of aromatic amines is 1. The summed E-state index contributed by atoms with van der Waals surface area (Å²) in [5, 5.41) is -0.233. The molecule has 4 heteroatoms. The smallest absolute Gasteiger partial charge is 0.340 e. The topological polar surface area (TPSA) is 45.3 Å². The second-order valence-electron chi connectivity index (χ2n) is 4.49. The molecule has 0 amide bonds. The third kappa shape index (κ3) is 2.14. The maximum atomic E-state index is 13.2. The van der Waals surface area contributed by atoms with Crippen molar-refractivity contribution >= 4 is 16.9 Å². The molecule has 3 atom stereocenters. The summed E-state index contributed by atoms with van der Waals surface area (Å²) in [6.45, 7) is 0. The highest BCUT2D eigenvalue weighted by molar-refractivity contribution is 6.04. The lowest BCUT2D eigenvalue weighted by atomic mass is 10.0. The normalized spacial score (nSPS) is 58.7. The third-order valence-electron chi connectivity index (χ3n) is 3.20. The summed E-state index contributed by atoms with van der Waals surface area (Å²) in [5.74, 6) is -1.67. The molecule has 4 nitrogen and oxygen atoms in total. The fourth-order valence-corrected chi connectivity index (χ4v) is 2.11. The summed E-state index contributed by atoms with van der Waals surface area (Å²) >= 11 is 0. The van der Waals surface area contributed by atoms with Crippen molar-refractivity contribution in [1.29, 1.82) is 0 Å². The lowest BCUT2D eigenvalue weighted by Gasteiger charge is -2.35. The third-order valence-corrected chi connectivity index (χ3v) is 3.20. The lowest BCUT2D eigenvalue weighted by molar-refractivity contribution is -0.000258. The van der Waals surface area contributed by atoms with Crippen LogP contribution in [0.25, 0.3) is 10.9 Å². The number of benzene rings is 1. The van der Waals surface area contributed by atoms with E-state index in [4.69, 9.17) is 23.9 Å². The molecule has 0 radical (unpaired) electrons. The van der Waals surface area contributed by atoms with Gasteiger partial charge >= 0.3 is 5.97 Å². The Bertz CT molecular complexity index is 1240. The molecule has 110 valence electrons. The van der Waals surface area contributed by atoms with Gasteiger partial charge in [-0.2, -0.15) is 0 Å². The van der Waals surface area contributed by atoms with Crippen LogP contribution in [0, 0.1) is 0 Å². The Morgan fingerprint density at radius 2 is 2.29 bits per heavy atom. The van der Waals surface area contributed by atoms with Crippen LogP contribution in [0.2, 0.25) is 0 Å². The van der Waals surface area contributed by atoms with E-state index in [1.807, 2.05) is 0 Å². The van der Waals surface area contributed by atoms with Gasteiger partial charge in [-0.05, 0) is 25.9 Å². The molecule has 21 heavy (non-hydrogen) atoms. The van der Waals surface area contributed by atoms with Crippen molar-refractivity contribution in [2.45, 2.75) is 43.6 Å². The number of ether oxygens (including phenoxy) is 1. The fourth-order valence-electron chi connectivity index (χ4n) is 2.11. The number of H-pyrrole nitrogens is 1. The van der Waals surface area contributed by atoms with Crippen molar-refractivity contribution < 1.29 is 28.7 Å². The second-order valence-corrected chi connectivity index (χ2v) is 4.49. The van der Waals surface area contributed by atoms with Gasteiger partial charge in [0.1, 0.15) is 6.08 Å². The van der Waals surface area contributed by atoms with E-state index in [-0.39, 0.29) is 21.8 Å². The number of nitrogens with one attached hydrogen (secondary N) is 1. The first-order valence-corrected chi connectivity index (χ1v) is 6.16. The number of carbonyl (C=O) groups is 1. The zero-order valence-corrected chi connectivity index (χ0v) is 10.9. The molecule has 2 fully saturated rings. The monoisotopic (exact) mass is 298 g/mol. The molecule has 2 bridgehead atoms. The second kappa shape index (κ2) is 4.88. The van der Waals surface area contributed by atoms with Crippen molar-refractivity contribution in [3.63, 3.8) is 0 Å². The summed E-state index contributed by atoms with van der Waals surface area (Å²) in [4.78, 5) is 15.9. The molecular weight excluding hydrogens is 264 g/mol. The maximum Gasteiger partial charge on any atom is 0.340 e. The minimum absolute atomic E-state index is 0.00506. The van der Waals surface area contributed by atoms with Crippen LogP contribution in [-0.4, -0.2) is 41.0 Å². The van der Waals surface area contributed by atoms with E-state index in [0.29, 0.717) is 0 Å². The van der Waals surface area contributed by atoms with Crippen LogP contribution in [0.15, 0.2) is 30.4 Å². The molecule has 1 N–H and O–H groups in total. The number of aromatic nitrogens is 1.